The number of ketones is 1. The Kier molecular flexibility index (Phi) is 4.01. The van der Waals surface area contributed by atoms with Gasteiger partial charge in [0, 0.05) is 17.9 Å². The smallest absolute Gasteiger partial charge is 0.143 e. The molecule has 2 rings (SSSR count). The average Bonchev–Trinajstić information content (AvgIpc) is 2.80. The van der Waals surface area contributed by atoms with Crippen LogP contribution in [0.3, 0.4) is 0 Å². The summed E-state index contributed by atoms with van der Waals surface area (Å²) in [7, 11) is 0. The predicted molar refractivity (Wildman–Crippen MR) is 66.4 cm³/mol. The minimum atomic E-state index is 0.0107. The maximum absolute atomic E-state index is 12.7. The first-order chi connectivity index (χ1) is 7.78. The highest BCUT2D eigenvalue weighted by atomic mass is 16.1. The van der Waals surface area contributed by atoms with Gasteiger partial charge in [-0.15, -0.1) is 0 Å². The summed E-state index contributed by atoms with van der Waals surface area (Å²) in [5, 5.41) is 3.40. The van der Waals surface area contributed by atoms with E-state index in [0.717, 1.165) is 45.2 Å². The van der Waals surface area contributed by atoms with E-state index in [-0.39, 0.29) is 5.41 Å². The highest BCUT2D eigenvalue weighted by molar-refractivity contribution is 5.87. The molecule has 0 aromatic heterocycles. The third-order valence-electron chi connectivity index (χ3n) is 4.47. The van der Waals surface area contributed by atoms with Crippen LogP contribution in [0.4, 0.5) is 0 Å². The molecule has 0 aromatic carbocycles. The standard InChI is InChI=1S/C14H25NO/c1-2-8-14(9-10-15-11-14)13(16)12-6-4-3-5-7-12/h12,15H,2-11H2,1H3. The van der Waals surface area contributed by atoms with Crippen molar-refractivity contribution in [3.8, 4) is 0 Å². The van der Waals surface area contributed by atoms with Gasteiger partial charge < -0.3 is 5.32 Å². The molecule has 2 nitrogen and oxygen atoms in total. The van der Waals surface area contributed by atoms with Crippen molar-refractivity contribution in [2.45, 2.75) is 58.3 Å². The van der Waals surface area contributed by atoms with Crippen molar-refractivity contribution in [1.29, 1.82) is 0 Å². The second kappa shape index (κ2) is 5.31. The monoisotopic (exact) mass is 223 g/mol. The summed E-state index contributed by atoms with van der Waals surface area (Å²) < 4.78 is 0. The zero-order chi connectivity index (χ0) is 11.4. The maximum atomic E-state index is 12.7. The topological polar surface area (TPSA) is 29.1 Å². The molecule has 1 saturated heterocycles. The van der Waals surface area contributed by atoms with Crippen molar-refractivity contribution in [2.75, 3.05) is 13.1 Å². The molecule has 0 bridgehead atoms. The van der Waals surface area contributed by atoms with Crippen molar-refractivity contribution in [2.24, 2.45) is 11.3 Å². The normalized spacial score (nSPS) is 31.8. The van der Waals surface area contributed by atoms with Gasteiger partial charge in [-0.2, -0.15) is 0 Å². The maximum Gasteiger partial charge on any atom is 0.143 e. The summed E-state index contributed by atoms with van der Waals surface area (Å²) in [6.07, 6.45) is 9.50. The molecule has 1 unspecified atom stereocenters. The van der Waals surface area contributed by atoms with Crippen LogP contribution in [0.15, 0.2) is 0 Å². The average molecular weight is 223 g/mol. The Morgan fingerprint density at radius 3 is 2.62 bits per heavy atom. The fourth-order valence-electron chi connectivity index (χ4n) is 3.57. The third kappa shape index (κ3) is 2.32. The van der Waals surface area contributed by atoms with Gasteiger partial charge in [0.2, 0.25) is 0 Å². The van der Waals surface area contributed by atoms with Gasteiger partial charge in [0.05, 0.1) is 0 Å². The van der Waals surface area contributed by atoms with Crippen LogP contribution < -0.4 is 5.32 Å². The summed E-state index contributed by atoms with van der Waals surface area (Å²) in [6, 6.07) is 0. The summed E-state index contributed by atoms with van der Waals surface area (Å²) in [5.41, 5.74) is 0.0107. The highest BCUT2D eigenvalue weighted by Crippen LogP contribution is 2.38. The van der Waals surface area contributed by atoms with Crippen LogP contribution in [-0.4, -0.2) is 18.9 Å². The summed E-state index contributed by atoms with van der Waals surface area (Å²) >= 11 is 0. The summed E-state index contributed by atoms with van der Waals surface area (Å²) in [4.78, 5) is 12.7. The van der Waals surface area contributed by atoms with Crippen LogP contribution in [-0.2, 0) is 4.79 Å². The largest absolute Gasteiger partial charge is 0.316 e. The van der Waals surface area contributed by atoms with E-state index in [2.05, 4.69) is 12.2 Å². The molecule has 0 amide bonds. The number of carbonyl (C=O) groups excluding carboxylic acids is 1. The Morgan fingerprint density at radius 1 is 1.31 bits per heavy atom. The molecule has 0 radical (unpaired) electrons. The fraction of sp³-hybridized carbons (Fsp3) is 0.929. The van der Waals surface area contributed by atoms with E-state index in [1.807, 2.05) is 0 Å². The fourth-order valence-corrected chi connectivity index (χ4v) is 3.57. The van der Waals surface area contributed by atoms with Gasteiger partial charge in [0.1, 0.15) is 5.78 Å². The first-order valence-electron chi connectivity index (χ1n) is 7.03. The molecule has 1 heterocycles. The number of carbonyl (C=O) groups is 1. The van der Waals surface area contributed by atoms with Gasteiger partial charge >= 0.3 is 0 Å². The predicted octanol–water partition coefficient (Wildman–Crippen LogP) is 2.92. The van der Waals surface area contributed by atoms with Gasteiger partial charge in [-0.05, 0) is 32.2 Å². The van der Waals surface area contributed by atoms with Crippen molar-refractivity contribution >= 4 is 5.78 Å². The van der Waals surface area contributed by atoms with Crippen LogP contribution in [0.1, 0.15) is 58.3 Å². The van der Waals surface area contributed by atoms with E-state index in [1.54, 1.807) is 0 Å². The molecule has 1 aliphatic carbocycles. The Morgan fingerprint density at radius 2 is 2.06 bits per heavy atom. The zero-order valence-electron chi connectivity index (χ0n) is 10.6. The third-order valence-corrected chi connectivity index (χ3v) is 4.47. The second-order valence-electron chi connectivity index (χ2n) is 5.66. The molecule has 2 fully saturated rings. The van der Waals surface area contributed by atoms with Gasteiger partial charge in [-0.25, -0.2) is 0 Å². The Balaban J connectivity index is 2.04. The number of nitrogens with one attached hydrogen (secondary N) is 1. The number of rotatable bonds is 4. The lowest BCUT2D eigenvalue weighted by atomic mass is 9.70. The lowest BCUT2D eigenvalue weighted by Gasteiger charge is -2.32. The first kappa shape index (κ1) is 12.1. The summed E-state index contributed by atoms with van der Waals surface area (Å²) in [6.45, 7) is 4.18. The van der Waals surface area contributed by atoms with Crippen molar-refractivity contribution in [3.63, 3.8) is 0 Å². The van der Waals surface area contributed by atoms with Crippen LogP contribution in [0, 0.1) is 11.3 Å². The molecule has 1 atom stereocenters. The van der Waals surface area contributed by atoms with E-state index in [0.29, 0.717) is 11.7 Å². The lowest BCUT2D eigenvalue weighted by Crippen LogP contribution is -2.38. The molecule has 0 aromatic rings. The summed E-state index contributed by atoms with van der Waals surface area (Å²) in [5.74, 6) is 0.985. The second-order valence-corrected chi connectivity index (χ2v) is 5.66. The van der Waals surface area contributed by atoms with E-state index < -0.39 is 0 Å². The van der Waals surface area contributed by atoms with E-state index >= 15 is 0 Å². The lowest BCUT2D eigenvalue weighted by molar-refractivity contribution is -0.133. The highest BCUT2D eigenvalue weighted by Gasteiger charge is 2.43. The SMILES string of the molecule is CCCC1(C(=O)C2CCCCC2)CCNC1. The molecule has 92 valence electrons. The van der Waals surface area contributed by atoms with E-state index in [9.17, 15) is 4.79 Å². The Labute approximate surface area is 99.2 Å². The first-order valence-corrected chi connectivity index (χ1v) is 7.03. The zero-order valence-corrected chi connectivity index (χ0v) is 10.6. The van der Waals surface area contributed by atoms with Gasteiger partial charge in [0.25, 0.3) is 0 Å². The molecule has 0 spiro atoms. The van der Waals surface area contributed by atoms with Crippen molar-refractivity contribution in [1.82, 2.24) is 5.32 Å². The van der Waals surface area contributed by atoms with Gasteiger partial charge in [-0.1, -0.05) is 32.6 Å². The minimum absolute atomic E-state index is 0.0107. The van der Waals surface area contributed by atoms with Crippen LogP contribution in [0.2, 0.25) is 0 Å². The van der Waals surface area contributed by atoms with Crippen molar-refractivity contribution in [3.05, 3.63) is 0 Å². The molecular weight excluding hydrogens is 198 g/mol. The number of hydrogen-bond donors (Lipinski definition) is 1. The number of hydrogen-bond acceptors (Lipinski definition) is 2. The van der Waals surface area contributed by atoms with Gasteiger partial charge in [0.15, 0.2) is 0 Å². The van der Waals surface area contributed by atoms with Crippen LogP contribution in [0.25, 0.3) is 0 Å². The van der Waals surface area contributed by atoms with E-state index in [4.69, 9.17) is 0 Å². The van der Waals surface area contributed by atoms with Gasteiger partial charge in [-0.3, -0.25) is 4.79 Å². The molecule has 1 N–H and O–H groups in total. The molecule has 16 heavy (non-hydrogen) atoms. The Hall–Kier alpha value is -0.370. The number of Topliss-reactive ketones (excluding diaryl/α,β-unsaturated/α-hetero) is 1. The molecule has 2 aliphatic rings. The molecule has 1 saturated carbocycles. The Bertz CT molecular complexity index is 237. The van der Waals surface area contributed by atoms with Crippen LogP contribution >= 0.6 is 0 Å². The molecule has 1 aliphatic heterocycles. The minimum Gasteiger partial charge on any atom is -0.316 e. The van der Waals surface area contributed by atoms with E-state index in [1.165, 1.54) is 19.3 Å². The van der Waals surface area contributed by atoms with Crippen molar-refractivity contribution < 1.29 is 4.79 Å². The molecular formula is C14H25NO. The quantitative estimate of drug-likeness (QED) is 0.794. The molecule has 2 heteroatoms. The van der Waals surface area contributed by atoms with Crippen LogP contribution in [0.5, 0.6) is 0 Å².